The Labute approximate surface area is 74.2 Å². The van der Waals surface area contributed by atoms with Gasteiger partial charge in [-0.25, -0.2) is 0 Å². The molecular weight excluding hydrogens is 172 g/mol. The first-order chi connectivity index (χ1) is 6.09. The van der Waals surface area contributed by atoms with Crippen molar-refractivity contribution in [3.05, 3.63) is 0 Å². The number of piperidine rings is 1. The van der Waals surface area contributed by atoms with Crippen LogP contribution in [-0.4, -0.2) is 23.4 Å². The summed E-state index contributed by atoms with van der Waals surface area (Å²) in [6.45, 7) is 1.65. The van der Waals surface area contributed by atoms with Crippen molar-refractivity contribution in [2.45, 2.75) is 13.3 Å². The lowest BCUT2D eigenvalue weighted by Gasteiger charge is -2.20. The van der Waals surface area contributed by atoms with Crippen molar-refractivity contribution in [3.63, 3.8) is 0 Å². The first kappa shape index (κ1) is 8.10. The summed E-state index contributed by atoms with van der Waals surface area (Å²) in [7, 11) is 0. The molecule has 2 amide bonds. The highest BCUT2D eigenvalue weighted by Crippen LogP contribution is 2.25. The Balaban J connectivity index is 2.36. The van der Waals surface area contributed by atoms with Crippen LogP contribution in [-0.2, 0) is 14.4 Å². The zero-order valence-corrected chi connectivity index (χ0v) is 7.03. The zero-order valence-electron chi connectivity index (χ0n) is 7.03. The molecule has 2 rings (SSSR count). The third-order valence-corrected chi connectivity index (χ3v) is 2.36. The molecule has 68 valence electrons. The number of amidine groups is 1. The summed E-state index contributed by atoms with van der Waals surface area (Å²) in [4.78, 5) is 37.0. The van der Waals surface area contributed by atoms with Crippen LogP contribution in [0.4, 0.5) is 0 Å². The number of rotatable bonds is 0. The molecule has 1 N–H and O–H groups in total. The maximum absolute atomic E-state index is 11.3. The summed E-state index contributed by atoms with van der Waals surface area (Å²) in [6.07, 6.45) is -0.138. The number of aliphatic imine (C=N–C) groups is 1. The normalized spacial score (nSPS) is 32.7. The van der Waals surface area contributed by atoms with Crippen LogP contribution in [0.3, 0.4) is 0 Å². The van der Waals surface area contributed by atoms with E-state index < -0.39 is 11.8 Å². The number of carbonyl (C=O) groups is 3. The highest BCUT2D eigenvalue weighted by molar-refractivity contribution is 6.25. The number of amides is 2. The predicted octanol–water partition coefficient (Wildman–Crippen LogP) is -0.734. The summed E-state index contributed by atoms with van der Waals surface area (Å²) >= 11 is 0. The number of hydrogen-bond acceptors (Lipinski definition) is 3. The molecule has 2 aliphatic rings. The number of fused-ring (bicyclic) bond motifs is 1. The SMILES string of the molecule is CC1C(=O)N=C2NC(=O)CC(=O)C21. The second-order valence-corrected chi connectivity index (χ2v) is 3.29. The molecule has 5 heteroatoms. The van der Waals surface area contributed by atoms with Crippen molar-refractivity contribution >= 4 is 23.4 Å². The van der Waals surface area contributed by atoms with E-state index in [1.165, 1.54) is 0 Å². The molecule has 1 saturated heterocycles. The third-order valence-electron chi connectivity index (χ3n) is 2.36. The van der Waals surface area contributed by atoms with Gasteiger partial charge in [-0.1, -0.05) is 6.92 Å². The Morgan fingerprint density at radius 2 is 2.08 bits per heavy atom. The van der Waals surface area contributed by atoms with Crippen molar-refractivity contribution in [2.75, 3.05) is 0 Å². The fourth-order valence-electron chi connectivity index (χ4n) is 1.66. The minimum absolute atomic E-state index is 0.138. The first-order valence-electron chi connectivity index (χ1n) is 4.04. The first-order valence-corrected chi connectivity index (χ1v) is 4.04. The fraction of sp³-hybridized carbons (Fsp3) is 0.500. The molecule has 0 saturated carbocycles. The summed E-state index contributed by atoms with van der Waals surface area (Å²) in [5, 5.41) is 2.44. The van der Waals surface area contributed by atoms with Crippen molar-refractivity contribution in [3.8, 4) is 0 Å². The van der Waals surface area contributed by atoms with Gasteiger partial charge in [0.1, 0.15) is 5.84 Å². The lowest BCUT2D eigenvalue weighted by Crippen LogP contribution is -2.46. The van der Waals surface area contributed by atoms with Crippen molar-refractivity contribution < 1.29 is 14.4 Å². The summed E-state index contributed by atoms with van der Waals surface area (Å²) in [5.41, 5.74) is 0. The molecule has 5 nitrogen and oxygen atoms in total. The molecule has 0 aliphatic carbocycles. The van der Waals surface area contributed by atoms with E-state index in [9.17, 15) is 14.4 Å². The van der Waals surface area contributed by atoms with E-state index in [-0.39, 0.29) is 29.9 Å². The van der Waals surface area contributed by atoms with Gasteiger partial charge in [0.15, 0.2) is 5.78 Å². The minimum Gasteiger partial charge on any atom is -0.313 e. The number of nitrogens with one attached hydrogen (secondary N) is 1. The Morgan fingerprint density at radius 1 is 1.38 bits per heavy atom. The zero-order chi connectivity index (χ0) is 9.59. The topological polar surface area (TPSA) is 75.6 Å². The van der Waals surface area contributed by atoms with Gasteiger partial charge in [0.25, 0.3) is 5.91 Å². The van der Waals surface area contributed by atoms with Crippen molar-refractivity contribution in [1.82, 2.24) is 5.32 Å². The predicted molar refractivity (Wildman–Crippen MR) is 42.9 cm³/mol. The molecule has 0 bridgehead atoms. The Kier molecular flexibility index (Phi) is 1.55. The van der Waals surface area contributed by atoms with Gasteiger partial charge in [-0.3, -0.25) is 14.4 Å². The molecular formula is C8H8N2O3. The summed E-state index contributed by atoms with van der Waals surface area (Å²) in [6, 6.07) is 0. The molecule has 0 radical (unpaired) electrons. The summed E-state index contributed by atoms with van der Waals surface area (Å²) in [5.74, 6) is -1.59. The van der Waals surface area contributed by atoms with Gasteiger partial charge < -0.3 is 5.32 Å². The second-order valence-electron chi connectivity index (χ2n) is 3.29. The van der Waals surface area contributed by atoms with Crippen LogP contribution in [0.25, 0.3) is 0 Å². The maximum Gasteiger partial charge on any atom is 0.251 e. The largest absolute Gasteiger partial charge is 0.313 e. The molecule has 0 spiro atoms. The number of Topliss-reactive ketones (excluding diaryl/α,β-unsaturated/α-hetero) is 1. The molecule has 1 fully saturated rings. The lowest BCUT2D eigenvalue weighted by molar-refractivity contribution is -0.132. The third kappa shape index (κ3) is 1.07. The molecule has 13 heavy (non-hydrogen) atoms. The van der Waals surface area contributed by atoms with Crippen LogP contribution in [0.15, 0.2) is 4.99 Å². The highest BCUT2D eigenvalue weighted by Gasteiger charge is 2.43. The van der Waals surface area contributed by atoms with Crippen LogP contribution < -0.4 is 5.32 Å². The molecule has 2 heterocycles. The van der Waals surface area contributed by atoms with Gasteiger partial charge in [-0.05, 0) is 0 Å². The molecule has 0 aromatic heterocycles. The summed E-state index contributed by atoms with van der Waals surface area (Å²) < 4.78 is 0. The Morgan fingerprint density at radius 3 is 2.77 bits per heavy atom. The monoisotopic (exact) mass is 180 g/mol. The average Bonchev–Trinajstić information content (AvgIpc) is 2.27. The lowest BCUT2D eigenvalue weighted by atomic mass is 9.87. The van der Waals surface area contributed by atoms with E-state index in [2.05, 4.69) is 10.3 Å². The van der Waals surface area contributed by atoms with Crippen LogP contribution >= 0.6 is 0 Å². The minimum atomic E-state index is -0.509. The number of carbonyl (C=O) groups excluding carboxylic acids is 3. The molecule has 2 atom stereocenters. The standard InChI is InChI=1S/C8H8N2O3/c1-3-6-4(11)2-5(12)9-7(6)10-8(3)13/h3,6H,2H2,1H3,(H,9,10,12,13). The van der Waals surface area contributed by atoms with Crippen LogP contribution in [0.1, 0.15) is 13.3 Å². The van der Waals surface area contributed by atoms with Gasteiger partial charge >= 0.3 is 0 Å². The quantitative estimate of drug-likeness (QED) is 0.499. The Hall–Kier alpha value is -1.52. The fourth-order valence-corrected chi connectivity index (χ4v) is 1.66. The van der Waals surface area contributed by atoms with Gasteiger partial charge in [0, 0.05) is 0 Å². The molecule has 2 unspecified atom stereocenters. The molecule has 0 aromatic rings. The van der Waals surface area contributed by atoms with Crippen LogP contribution in [0.2, 0.25) is 0 Å². The van der Waals surface area contributed by atoms with Crippen LogP contribution in [0, 0.1) is 11.8 Å². The molecule has 0 aromatic carbocycles. The van der Waals surface area contributed by atoms with Crippen molar-refractivity contribution in [2.24, 2.45) is 16.8 Å². The van der Waals surface area contributed by atoms with Gasteiger partial charge in [-0.15, -0.1) is 0 Å². The second kappa shape index (κ2) is 2.48. The van der Waals surface area contributed by atoms with Crippen molar-refractivity contribution in [1.29, 1.82) is 0 Å². The van der Waals surface area contributed by atoms with E-state index in [1.54, 1.807) is 6.92 Å². The van der Waals surface area contributed by atoms with E-state index in [1.807, 2.05) is 0 Å². The average molecular weight is 180 g/mol. The maximum atomic E-state index is 11.3. The smallest absolute Gasteiger partial charge is 0.251 e. The van der Waals surface area contributed by atoms with E-state index in [0.717, 1.165) is 0 Å². The van der Waals surface area contributed by atoms with Gasteiger partial charge in [0.2, 0.25) is 5.91 Å². The number of ketones is 1. The van der Waals surface area contributed by atoms with E-state index in [0.29, 0.717) is 0 Å². The van der Waals surface area contributed by atoms with E-state index >= 15 is 0 Å². The van der Waals surface area contributed by atoms with Gasteiger partial charge in [-0.2, -0.15) is 4.99 Å². The van der Waals surface area contributed by atoms with Crippen LogP contribution in [0.5, 0.6) is 0 Å². The number of nitrogens with zero attached hydrogens (tertiary/aromatic N) is 1. The van der Waals surface area contributed by atoms with E-state index in [4.69, 9.17) is 0 Å². The van der Waals surface area contributed by atoms with Gasteiger partial charge in [0.05, 0.1) is 18.3 Å². The highest BCUT2D eigenvalue weighted by atomic mass is 16.2. The molecule has 2 aliphatic heterocycles. The Bertz CT molecular complexity index is 345. The number of hydrogen-bond donors (Lipinski definition) is 1.